The fraction of sp³-hybridized carbons (Fsp3) is 0.214. The van der Waals surface area contributed by atoms with Crippen molar-refractivity contribution in [3.05, 3.63) is 94.0 Å². The van der Waals surface area contributed by atoms with Crippen LogP contribution in [0.25, 0.3) is 0 Å². The summed E-state index contributed by atoms with van der Waals surface area (Å²) < 4.78 is 11.7. The van der Waals surface area contributed by atoms with Gasteiger partial charge in [-0.05, 0) is 30.7 Å². The number of amides is 2. The zero-order chi connectivity index (χ0) is 25.4. The largest absolute Gasteiger partial charge is 0.495 e. The van der Waals surface area contributed by atoms with Gasteiger partial charge in [0.1, 0.15) is 5.75 Å². The molecule has 36 heavy (non-hydrogen) atoms. The van der Waals surface area contributed by atoms with E-state index in [1.165, 1.54) is 13.2 Å². The van der Waals surface area contributed by atoms with Crippen molar-refractivity contribution in [2.24, 2.45) is 11.8 Å². The van der Waals surface area contributed by atoms with Crippen molar-refractivity contribution in [3.8, 4) is 5.75 Å². The highest BCUT2D eigenvalue weighted by atomic mass is 35.5. The Balaban J connectivity index is 1.57. The predicted molar refractivity (Wildman–Crippen MR) is 130 cm³/mol. The standard InChI is InChI=1S/C28H20ClNO6/c1-14-6-5-7-15(12-14)23-21-22(28(36-23)24(31)17-8-3-4-9-18(17)25(28)32)27(34)30(26(21)33)19-13-16(29)10-11-20(19)35-2/h3-13,21-23H,1-2H3. The first-order chi connectivity index (χ1) is 17.3. The molecule has 6 rings (SSSR count). The summed E-state index contributed by atoms with van der Waals surface area (Å²) in [4.78, 5) is 56.6. The average Bonchev–Trinajstić information content (AvgIpc) is 3.44. The number of rotatable bonds is 3. The molecule has 3 unspecified atom stereocenters. The molecule has 0 aromatic heterocycles. The van der Waals surface area contributed by atoms with Gasteiger partial charge in [0.15, 0.2) is 0 Å². The quantitative estimate of drug-likeness (QED) is 0.391. The van der Waals surface area contributed by atoms with Gasteiger partial charge in [-0.1, -0.05) is 65.7 Å². The van der Waals surface area contributed by atoms with Crippen LogP contribution in [0.5, 0.6) is 5.75 Å². The molecule has 3 atom stereocenters. The van der Waals surface area contributed by atoms with Gasteiger partial charge in [0.2, 0.25) is 29.0 Å². The summed E-state index contributed by atoms with van der Waals surface area (Å²) >= 11 is 6.20. The number of halogens is 1. The van der Waals surface area contributed by atoms with Crippen LogP contribution < -0.4 is 9.64 Å². The van der Waals surface area contributed by atoms with E-state index in [4.69, 9.17) is 21.1 Å². The van der Waals surface area contributed by atoms with Crippen LogP contribution in [0.3, 0.4) is 0 Å². The van der Waals surface area contributed by atoms with E-state index in [0.717, 1.165) is 10.5 Å². The molecule has 2 saturated heterocycles. The first-order valence-corrected chi connectivity index (χ1v) is 11.8. The molecule has 2 amide bonds. The number of hydrogen-bond donors (Lipinski definition) is 0. The van der Waals surface area contributed by atoms with E-state index < -0.39 is 46.9 Å². The third kappa shape index (κ3) is 2.84. The first-order valence-electron chi connectivity index (χ1n) is 11.4. The molecule has 2 heterocycles. The van der Waals surface area contributed by atoms with Crippen molar-refractivity contribution in [3.63, 3.8) is 0 Å². The van der Waals surface area contributed by atoms with E-state index >= 15 is 0 Å². The van der Waals surface area contributed by atoms with E-state index in [9.17, 15) is 19.2 Å². The second kappa shape index (κ2) is 7.85. The second-order valence-corrected chi connectivity index (χ2v) is 9.66. The van der Waals surface area contributed by atoms with Crippen molar-refractivity contribution < 1.29 is 28.7 Å². The Morgan fingerprint density at radius 1 is 0.889 bits per heavy atom. The number of fused-ring (bicyclic) bond motifs is 3. The molecule has 0 radical (unpaired) electrons. The van der Waals surface area contributed by atoms with E-state index in [1.54, 1.807) is 48.5 Å². The molecular formula is C28H20ClNO6. The number of ketones is 2. The Hall–Kier alpha value is -3.81. The molecule has 8 heteroatoms. The Labute approximate surface area is 211 Å². The van der Waals surface area contributed by atoms with Gasteiger partial charge in [0.25, 0.3) is 0 Å². The van der Waals surface area contributed by atoms with Gasteiger partial charge in [-0.15, -0.1) is 0 Å². The number of carbonyl (C=O) groups excluding carboxylic acids is 4. The second-order valence-electron chi connectivity index (χ2n) is 9.22. The zero-order valence-corrected chi connectivity index (χ0v) is 20.1. The summed E-state index contributed by atoms with van der Waals surface area (Å²) in [6.07, 6.45) is -0.983. The summed E-state index contributed by atoms with van der Waals surface area (Å²) in [5.74, 6) is -4.66. The molecule has 2 fully saturated rings. The van der Waals surface area contributed by atoms with Crippen molar-refractivity contribution in [2.75, 3.05) is 12.0 Å². The highest BCUT2D eigenvalue weighted by Gasteiger charge is 2.74. The van der Waals surface area contributed by atoms with Crippen molar-refractivity contribution in [2.45, 2.75) is 18.6 Å². The lowest BCUT2D eigenvalue weighted by molar-refractivity contribution is -0.127. The molecule has 3 aliphatic rings. The van der Waals surface area contributed by atoms with E-state index in [0.29, 0.717) is 10.6 Å². The van der Waals surface area contributed by atoms with Gasteiger partial charge in [0.05, 0.1) is 30.7 Å². The van der Waals surface area contributed by atoms with Gasteiger partial charge in [-0.2, -0.15) is 0 Å². The molecule has 3 aromatic rings. The molecule has 0 saturated carbocycles. The minimum absolute atomic E-state index is 0.156. The molecule has 180 valence electrons. The van der Waals surface area contributed by atoms with E-state index in [1.807, 2.05) is 19.1 Å². The van der Waals surface area contributed by atoms with Crippen molar-refractivity contribution >= 4 is 40.7 Å². The Morgan fingerprint density at radius 3 is 2.22 bits per heavy atom. The van der Waals surface area contributed by atoms with Crippen LogP contribution in [0.1, 0.15) is 37.9 Å². The van der Waals surface area contributed by atoms with Crippen molar-refractivity contribution in [1.82, 2.24) is 0 Å². The first kappa shape index (κ1) is 22.6. The number of ether oxygens (including phenoxy) is 2. The minimum atomic E-state index is -2.13. The molecular weight excluding hydrogens is 482 g/mol. The molecule has 3 aromatic carbocycles. The number of benzene rings is 3. The summed E-state index contributed by atoms with van der Waals surface area (Å²) in [7, 11) is 1.42. The van der Waals surface area contributed by atoms with Gasteiger partial charge in [-0.25, -0.2) is 4.90 Å². The maximum absolute atomic E-state index is 14.0. The van der Waals surface area contributed by atoms with Crippen LogP contribution in [0, 0.1) is 18.8 Å². The number of aryl methyl sites for hydroxylation is 1. The highest BCUT2D eigenvalue weighted by molar-refractivity contribution is 6.37. The molecule has 0 bridgehead atoms. The smallest absolute Gasteiger partial charge is 0.241 e. The lowest BCUT2D eigenvalue weighted by Gasteiger charge is -2.27. The van der Waals surface area contributed by atoms with Crippen LogP contribution in [0.15, 0.2) is 66.7 Å². The van der Waals surface area contributed by atoms with Crippen LogP contribution in [-0.2, 0) is 14.3 Å². The summed E-state index contributed by atoms with van der Waals surface area (Å²) in [6, 6.07) is 18.3. The Kier molecular flexibility index (Phi) is 4.94. The van der Waals surface area contributed by atoms with Gasteiger partial charge < -0.3 is 9.47 Å². The van der Waals surface area contributed by atoms with Crippen molar-refractivity contribution in [1.29, 1.82) is 0 Å². The third-order valence-corrected chi connectivity index (χ3v) is 7.51. The summed E-state index contributed by atoms with van der Waals surface area (Å²) in [6.45, 7) is 1.89. The third-order valence-electron chi connectivity index (χ3n) is 7.27. The topological polar surface area (TPSA) is 90.0 Å². The average molecular weight is 502 g/mol. The normalized spacial score (nSPS) is 24.0. The minimum Gasteiger partial charge on any atom is -0.495 e. The van der Waals surface area contributed by atoms with Gasteiger partial charge in [0, 0.05) is 16.1 Å². The number of carbonyl (C=O) groups is 4. The van der Waals surface area contributed by atoms with Crippen LogP contribution in [0.4, 0.5) is 5.69 Å². The molecule has 7 nitrogen and oxygen atoms in total. The van der Waals surface area contributed by atoms with Crippen LogP contribution >= 0.6 is 11.6 Å². The Morgan fingerprint density at radius 2 is 1.58 bits per heavy atom. The van der Waals surface area contributed by atoms with E-state index in [2.05, 4.69) is 0 Å². The van der Waals surface area contributed by atoms with E-state index in [-0.39, 0.29) is 22.6 Å². The van der Waals surface area contributed by atoms with Crippen LogP contribution in [-0.4, -0.2) is 36.1 Å². The molecule has 1 aliphatic carbocycles. The maximum Gasteiger partial charge on any atom is 0.241 e. The highest BCUT2D eigenvalue weighted by Crippen LogP contribution is 2.58. The number of methoxy groups -OCH3 is 1. The molecule has 0 N–H and O–H groups in total. The summed E-state index contributed by atoms with van der Waals surface area (Å²) in [5, 5.41) is 0.296. The number of nitrogens with zero attached hydrogens (tertiary/aromatic N) is 1. The lowest BCUT2D eigenvalue weighted by Crippen LogP contribution is -2.51. The lowest BCUT2D eigenvalue weighted by atomic mass is 9.77. The zero-order valence-electron chi connectivity index (χ0n) is 19.4. The number of hydrogen-bond acceptors (Lipinski definition) is 6. The maximum atomic E-state index is 14.0. The SMILES string of the molecule is COc1ccc(Cl)cc1N1C(=O)C2C(c3cccc(C)c3)OC3(C(=O)c4ccccc4C3=O)C2C1=O. The van der Waals surface area contributed by atoms with Gasteiger partial charge in [-0.3, -0.25) is 19.2 Å². The number of Topliss-reactive ketones (excluding diaryl/α,β-unsaturated/α-hetero) is 2. The summed E-state index contributed by atoms with van der Waals surface area (Å²) in [5.41, 5.74) is -0.0836. The number of imide groups is 1. The molecule has 1 spiro atoms. The molecule has 2 aliphatic heterocycles. The van der Waals surface area contributed by atoms with Crippen LogP contribution in [0.2, 0.25) is 5.02 Å². The number of anilines is 1. The fourth-order valence-electron chi connectivity index (χ4n) is 5.74. The monoisotopic (exact) mass is 501 g/mol. The fourth-order valence-corrected chi connectivity index (χ4v) is 5.91. The Bertz CT molecular complexity index is 1460. The van der Waals surface area contributed by atoms with Gasteiger partial charge >= 0.3 is 0 Å². The predicted octanol–water partition coefficient (Wildman–Crippen LogP) is 4.35.